The van der Waals surface area contributed by atoms with E-state index in [4.69, 9.17) is 0 Å². The van der Waals surface area contributed by atoms with Gasteiger partial charge in [-0.3, -0.25) is 4.79 Å². The molecule has 0 aliphatic rings. The summed E-state index contributed by atoms with van der Waals surface area (Å²) in [7, 11) is 0. The molecule has 0 saturated carbocycles. The van der Waals surface area contributed by atoms with Gasteiger partial charge in [0.2, 0.25) is 5.91 Å². The molecule has 0 spiro atoms. The van der Waals surface area contributed by atoms with E-state index in [0.717, 1.165) is 20.7 Å². The van der Waals surface area contributed by atoms with Crippen LogP contribution in [-0.2, 0) is 11.2 Å². The highest BCUT2D eigenvalue weighted by Crippen LogP contribution is 2.29. The van der Waals surface area contributed by atoms with Crippen molar-refractivity contribution < 1.29 is 4.79 Å². The van der Waals surface area contributed by atoms with Crippen molar-refractivity contribution in [1.29, 1.82) is 0 Å². The summed E-state index contributed by atoms with van der Waals surface area (Å²) in [5, 5.41) is 5.55. The number of fused-ring (bicyclic) bond motifs is 1. The van der Waals surface area contributed by atoms with Gasteiger partial charge in [0.15, 0.2) is 5.13 Å². The van der Waals surface area contributed by atoms with E-state index in [1.807, 2.05) is 24.4 Å². The molecule has 0 radical (unpaired) electrons. The van der Waals surface area contributed by atoms with Crippen LogP contribution in [0.4, 0.5) is 5.13 Å². The SMILES string of the molecule is Cc1cc(C)c2nc(NC(=O)Cc3cccs3)sc2c1. The largest absolute Gasteiger partial charge is 0.302 e. The van der Waals surface area contributed by atoms with Gasteiger partial charge in [-0.25, -0.2) is 4.98 Å². The minimum Gasteiger partial charge on any atom is -0.302 e. The zero-order chi connectivity index (χ0) is 14.1. The molecule has 0 atom stereocenters. The Morgan fingerprint density at radius 2 is 2.20 bits per heavy atom. The second kappa shape index (κ2) is 5.34. The van der Waals surface area contributed by atoms with Gasteiger partial charge in [-0.05, 0) is 42.5 Å². The Hall–Kier alpha value is -1.72. The number of nitrogens with zero attached hydrogens (tertiary/aromatic N) is 1. The van der Waals surface area contributed by atoms with Crippen LogP contribution in [0.3, 0.4) is 0 Å². The maximum Gasteiger partial charge on any atom is 0.231 e. The Balaban J connectivity index is 1.81. The first-order valence-electron chi connectivity index (χ1n) is 6.32. The smallest absolute Gasteiger partial charge is 0.231 e. The average Bonchev–Trinajstić information content (AvgIpc) is 2.98. The minimum absolute atomic E-state index is 0.0131. The van der Waals surface area contributed by atoms with Gasteiger partial charge in [0, 0.05) is 4.88 Å². The van der Waals surface area contributed by atoms with Crippen molar-refractivity contribution >= 4 is 43.9 Å². The maximum atomic E-state index is 12.0. The number of hydrogen-bond acceptors (Lipinski definition) is 4. The average molecular weight is 302 g/mol. The van der Waals surface area contributed by atoms with Gasteiger partial charge in [-0.2, -0.15) is 0 Å². The molecule has 102 valence electrons. The predicted octanol–water partition coefficient (Wildman–Crippen LogP) is 4.16. The number of carbonyl (C=O) groups is 1. The summed E-state index contributed by atoms with van der Waals surface area (Å²) in [6, 6.07) is 8.14. The summed E-state index contributed by atoms with van der Waals surface area (Å²) >= 11 is 3.12. The van der Waals surface area contributed by atoms with E-state index >= 15 is 0 Å². The van der Waals surface area contributed by atoms with E-state index in [0.29, 0.717) is 11.6 Å². The number of thiazole rings is 1. The van der Waals surface area contributed by atoms with Crippen LogP contribution in [-0.4, -0.2) is 10.9 Å². The lowest BCUT2D eigenvalue weighted by atomic mass is 10.1. The standard InChI is InChI=1S/C15H14N2OS2/c1-9-6-10(2)14-12(7-9)20-15(17-14)16-13(18)8-11-4-3-5-19-11/h3-7H,8H2,1-2H3,(H,16,17,18). The summed E-state index contributed by atoms with van der Waals surface area (Å²) in [6.45, 7) is 4.12. The van der Waals surface area contributed by atoms with Crippen molar-refractivity contribution in [3.8, 4) is 0 Å². The summed E-state index contributed by atoms with van der Waals surface area (Å²) in [5.41, 5.74) is 3.34. The number of anilines is 1. The highest BCUT2D eigenvalue weighted by Gasteiger charge is 2.10. The second-order valence-corrected chi connectivity index (χ2v) is 6.81. The van der Waals surface area contributed by atoms with Gasteiger partial charge in [0.1, 0.15) is 0 Å². The molecule has 0 fully saturated rings. The molecule has 0 saturated heterocycles. The van der Waals surface area contributed by atoms with Crippen LogP contribution in [0, 0.1) is 13.8 Å². The number of amides is 1. The maximum absolute atomic E-state index is 12.0. The van der Waals surface area contributed by atoms with Crippen molar-refractivity contribution in [2.24, 2.45) is 0 Å². The molecule has 0 aliphatic carbocycles. The second-order valence-electron chi connectivity index (χ2n) is 4.75. The molecule has 0 aliphatic heterocycles. The van der Waals surface area contributed by atoms with Crippen molar-refractivity contribution in [2.45, 2.75) is 20.3 Å². The highest BCUT2D eigenvalue weighted by molar-refractivity contribution is 7.22. The fourth-order valence-corrected chi connectivity index (χ4v) is 3.92. The van der Waals surface area contributed by atoms with Crippen LogP contribution in [0.15, 0.2) is 29.6 Å². The predicted molar refractivity (Wildman–Crippen MR) is 85.7 cm³/mol. The molecular weight excluding hydrogens is 288 g/mol. The van der Waals surface area contributed by atoms with Crippen LogP contribution in [0.25, 0.3) is 10.2 Å². The number of nitrogens with one attached hydrogen (secondary N) is 1. The van der Waals surface area contributed by atoms with Crippen LogP contribution < -0.4 is 5.32 Å². The number of carbonyl (C=O) groups excluding carboxylic acids is 1. The fraction of sp³-hybridized carbons (Fsp3) is 0.200. The fourth-order valence-electron chi connectivity index (χ4n) is 2.16. The normalized spacial score (nSPS) is 10.9. The highest BCUT2D eigenvalue weighted by atomic mass is 32.1. The molecule has 0 unspecified atom stereocenters. The molecule has 3 nitrogen and oxygen atoms in total. The van der Waals surface area contributed by atoms with E-state index in [-0.39, 0.29) is 5.91 Å². The van der Waals surface area contributed by atoms with Crippen LogP contribution >= 0.6 is 22.7 Å². The third-order valence-electron chi connectivity index (χ3n) is 2.99. The van der Waals surface area contributed by atoms with Gasteiger partial charge in [-0.1, -0.05) is 23.5 Å². The van der Waals surface area contributed by atoms with Crippen molar-refractivity contribution in [1.82, 2.24) is 4.98 Å². The molecule has 2 heterocycles. The molecule has 5 heteroatoms. The number of aromatic nitrogens is 1. The molecule has 3 rings (SSSR count). The third kappa shape index (κ3) is 2.73. The van der Waals surface area contributed by atoms with E-state index in [2.05, 4.69) is 29.4 Å². The van der Waals surface area contributed by atoms with Gasteiger partial charge in [0.25, 0.3) is 0 Å². The Morgan fingerprint density at radius 1 is 1.35 bits per heavy atom. The monoisotopic (exact) mass is 302 g/mol. The summed E-state index contributed by atoms with van der Waals surface area (Å²) in [6.07, 6.45) is 0.408. The summed E-state index contributed by atoms with van der Waals surface area (Å²) in [4.78, 5) is 17.5. The van der Waals surface area contributed by atoms with E-state index in [1.54, 1.807) is 11.3 Å². The lowest BCUT2D eigenvalue weighted by Crippen LogP contribution is -2.13. The number of hydrogen-bond donors (Lipinski definition) is 1. The van der Waals surface area contributed by atoms with Gasteiger partial charge < -0.3 is 5.32 Å². The van der Waals surface area contributed by atoms with Crippen molar-refractivity contribution in [3.63, 3.8) is 0 Å². The first-order valence-corrected chi connectivity index (χ1v) is 8.01. The number of thiophene rings is 1. The number of rotatable bonds is 3. The lowest BCUT2D eigenvalue weighted by molar-refractivity contribution is -0.115. The van der Waals surface area contributed by atoms with Crippen LogP contribution in [0.1, 0.15) is 16.0 Å². The van der Waals surface area contributed by atoms with Gasteiger partial charge >= 0.3 is 0 Å². The van der Waals surface area contributed by atoms with E-state index in [1.165, 1.54) is 16.9 Å². The number of aryl methyl sites for hydroxylation is 2. The Bertz CT molecular complexity index is 760. The quantitative estimate of drug-likeness (QED) is 0.789. The van der Waals surface area contributed by atoms with Crippen molar-refractivity contribution in [2.75, 3.05) is 5.32 Å². The topological polar surface area (TPSA) is 42.0 Å². The summed E-state index contributed by atoms with van der Waals surface area (Å²) < 4.78 is 1.12. The third-order valence-corrected chi connectivity index (χ3v) is 4.79. The lowest BCUT2D eigenvalue weighted by Gasteiger charge is -1.98. The van der Waals surface area contributed by atoms with Gasteiger partial charge in [0.05, 0.1) is 16.6 Å². The molecule has 20 heavy (non-hydrogen) atoms. The zero-order valence-electron chi connectivity index (χ0n) is 11.3. The van der Waals surface area contributed by atoms with Gasteiger partial charge in [-0.15, -0.1) is 11.3 Å². The molecule has 0 bridgehead atoms. The molecule has 2 aromatic heterocycles. The first kappa shape index (κ1) is 13.3. The van der Waals surface area contributed by atoms with Crippen LogP contribution in [0.5, 0.6) is 0 Å². The van der Waals surface area contributed by atoms with Crippen molar-refractivity contribution in [3.05, 3.63) is 45.6 Å². The zero-order valence-corrected chi connectivity index (χ0v) is 12.9. The minimum atomic E-state index is -0.0131. The van der Waals surface area contributed by atoms with E-state index in [9.17, 15) is 4.79 Å². The first-order chi connectivity index (χ1) is 9.61. The molecule has 3 aromatic rings. The molecule has 1 N–H and O–H groups in total. The Morgan fingerprint density at radius 3 is 2.95 bits per heavy atom. The Labute approximate surface area is 125 Å². The summed E-state index contributed by atoms with van der Waals surface area (Å²) in [5.74, 6) is -0.0131. The van der Waals surface area contributed by atoms with E-state index < -0.39 is 0 Å². The molecule has 1 aromatic carbocycles. The molecular formula is C15H14N2OS2. The molecule has 1 amide bonds. The van der Waals surface area contributed by atoms with Crippen LogP contribution in [0.2, 0.25) is 0 Å². The number of benzene rings is 1. The Kier molecular flexibility index (Phi) is 3.54.